The van der Waals surface area contributed by atoms with Crippen LogP contribution in [0.4, 0.5) is 0 Å². The van der Waals surface area contributed by atoms with E-state index >= 15 is 0 Å². The lowest BCUT2D eigenvalue weighted by molar-refractivity contribution is 0.181. The minimum absolute atomic E-state index is 0.129. The molecule has 1 unspecified atom stereocenters. The molecular formula is C35H43BO4Si. The molecule has 2 N–H and O–H groups in total. The first-order chi connectivity index (χ1) is 19.6. The number of rotatable bonds is 11. The molecule has 6 heteroatoms. The zero-order valence-electron chi connectivity index (χ0n) is 24.8. The number of allylic oxidation sites excluding steroid dienone is 2. The summed E-state index contributed by atoms with van der Waals surface area (Å²) in [6.45, 7) is 13.8. The highest BCUT2D eigenvalue weighted by molar-refractivity contribution is 6.99. The fourth-order valence-corrected chi connectivity index (χ4v) is 10.4. The van der Waals surface area contributed by atoms with E-state index in [2.05, 4.69) is 107 Å². The number of hydrogen-bond acceptors (Lipinski definition) is 4. The highest BCUT2D eigenvalue weighted by Gasteiger charge is 2.50. The molecule has 0 aromatic heterocycles. The number of phenolic OH excluding ortho intramolecular Hbond substituents is 1. The van der Waals surface area contributed by atoms with Crippen LogP contribution in [0, 0.1) is 0 Å². The third kappa shape index (κ3) is 7.38. The highest BCUT2D eigenvalue weighted by Crippen LogP contribution is 2.38. The Labute approximate surface area is 247 Å². The number of benzene rings is 3. The maximum Gasteiger partial charge on any atom is 0.458 e. The van der Waals surface area contributed by atoms with Crippen molar-refractivity contribution in [3.05, 3.63) is 120 Å². The van der Waals surface area contributed by atoms with E-state index in [-0.39, 0.29) is 16.9 Å². The first kappa shape index (κ1) is 30.8. The second-order valence-corrected chi connectivity index (χ2v) is 16.1. The van der Waals surface area contributed by atoms with Crippen LogP contribution >= 0.6 is 0 Å². The standard InChI is InChI=1S/C35H43BO4Si/c1-6-28(24-29-14-13-15-30(37)25-29)20-21-34-33(22-23-36(38)40-34)27(2)26-39-41(35(3,4)5,31-16-9-7-10-17-31)32-18-11-8-12-19-32/h7-19,22,24-25,34,37-38H,2,6,20-21,23,26H2,1,3-5H3/b28-24+. The molecule has 0 radical (unpaired) electrons. The van der Waals surface area contributed by atoms with Crippen molar-refractivity contribution in [2.75, 3.05) is 6.61 Å². The van der Waals surface area contributed by atoms with Gasteiger partial charge >= 0.3 is 7.12 Å². The predicted octanol–water partition coefficient (Wildman–Crippen LogP) is 6.90. The number of hydrogen-bond donors (Lipinski definition) is 2. The lowest BCUT2D eigenvalue weighted by Gasteiger charge is -2.43. The summed E-state index contributed by atoms with van der Waals surface area (Å²) in [5.74, 6) is 0.260. The SMILES string of the molecule is C=C(CO[Si](c1ccccc1)(c1ccccc1)C(C)(C)C)C1=CCB(O)OC1CC/C(=C/c1cccc(O)c1)CC. The molecule has 0 bridgehead atoms. The average Bonchev–Trinajstić information content (AvgIpc) is 2.96. The van der Waals surface area contributed by atoms with Gasteiger partial charge in [0.15, 0.2) is 0 Å². The molecule has 0 saturated heterocycles. The summed E-state index contributed by atoms with van der Waals surface area (Å²) in [5.41, 5.74) is 4.14. The molecule has 1 atom stereocenters. The summed E-state index contributed by atoms with van der Waals surface area (Å²) in [6.07, 6.45) is 6.78. The van der Waals surface area contributed by atoms with Crippen LogP contribution in [0.1, 0.15) is 52.5 Å². The Hall–Kier alpha value is -3.16. The van der Waals surface area contributed by atoms with Crippen LogP contribution < -0.4 is 10.4 Å². The third-order valence-corrected chi connectivity index (χ3v) is 12.9. The van der Waals surface area contributed by atoms with Gasteiger partial charge in [0.2, 0.25) is 0 Å². The van der Waals surface area contributed by atoms with Gasteiger partial charge in [-0.3, -0.25) is 0 Å². The van der Waals surface area contributed by atoms with Gasteiger partial charge in [-0.05, 0) is 63.5 Å². The van der Waals surface area contributed by atoms with Crippen LogP contribution in [0.15, 0.2) is 114 Å². The van der Waals surface area contributed by atoms with Crippen molar-refractivity contribution in [1.82, 2.24) is 0 Å². The van der Waals surface area contributed by atoms with Gasteiger partial charge in [0, 0.05) is 6.32 Å². The molecule has 3 aromatic rings. The third-order valence-electron chi connectivity index (χ3n) is 7.92. The topological polar surface area (TPSA) is 58.9 Å². The zero-order chi connectivity index (χ0) is 29.5. The Morgan fingerprint density at radius 1 is 1.02 bits per heavy atom. The van der Waals surface area contributed by atoms with Gasteiger partial charge in [-0.25, -0.2) is 0 Å². The minimum atomic E-state index is -2.71. The summed E-state index contributed by atoms with van der Waals surface area (Å²) < 4.78 is 13.2. The maximum atomic E-state index is 10.4. The van der Waals surface area contributed by atoms with Crippen LogP contribution in [-0.2, 0) is 9.08 Å². The molecule has 1 heterocycles. The van der Waals surface area contributed by atoms with Crippen molar-refractivity contribution in [3.63, 3.8) is 0 Å². The lowest BCUT2D eigenvalue weighted by Crippen LogP contribution is -2.66. The van der Waals surface area contributed by atoms with E-state index in [0.29, 0.717) is 12.9 Å². The molecular weight excluding hydrogens is 523 g/mol. The molecule has 0 amide bonds. The van der Waals surface area contributed by atoms with Crippen molar-refractivity contribution in [2.45, 2.75) is 64.4 Å². The number of phenols is 1. The maximum absolute atomic E-state index is 10.4. The fourth-order valence-electron chi connectivity index (χ4n) is 5.83. The van der Waals surface area contributed by atoms with Gasteiger partial charge < -0.3 is 19.2 Å². The van der Waals surface area contributed by atoms with Crippen LogP contribution in [0.3, 0.4) is 0 Å². The Morgan fingerprint density at radius 2 is 1.66 bits per heavy atom. The predicted molar refractivity (Wildman–Crippen MR) is 174 cm³/mol. The Kier molecular flexibility index (Phi) is 10.3. The Morgan fingerprint density at radius 3 is 2.22 bits per heavy atom. The van der Waals surface area contributed by atoms with Gasteiger partial charge in [0.1, 0.15) is 5.75 Å². The molecule has 214 valence electrons. The second kappa shape index (κ2) is 13.7. The van der Waals surface area contributed by atoms with Gasteiger partial charge in [-0.15, -0.1) is 0 Å². The summed E-state index contributed by atoms with van der Waals surface area (Å²) in [5, 5.41) is 22.6. The normalized spacial score (nSPS) is 16.4. The van der Waals surface area contributed by atoms with Gasteiger partial charge in [-0.1, -0.05) is 125 Å². The van der Waals surface area contributed by atoms with Crippen molar-refractivity contribution in [2.24, 2.45) is 0 Å². The summed E-state index contributed by atoms with van der Waals surface area (Å²) in [6, 6.07) is 28.5. The molecule has 3 aromatic carbocycles. The van der Waals surface area contributed by atoms with Crippen LogP contribution in [0.5, 0.6) is 5.75 Å². The van der Waals surface area contributed by atoms with E-state index < -0.39 is 15.4 Å². The Bertz CT molecular complexity index is 1320. The van der Waals surface area contributed by atoms with Crippen LogP contribution in [-0.4, -0.2) is 38.3 Å². The molecule has 1 aliphatic rings. The minimum Gasteiger partial charge on any atom is -0.508 e. The van der Waals surface area contributed by atoms with Crippen molar-refractivity contribution in [3.8, 4) is 5.75 Å². The molecule has 4 rings (SSSR count). The summed E-state index contributed by atoms with van der Waals surface area (Å²) >= 11 is 0. The number of aromatic hydroxyl groups is 1. The van der Waals surface area contributed by atoms with E-state index in [1.807, 2.05) is 12.1 Å². The monoisotopic (exact) mass is 566 g/mol. The molecule has 0 fully saturated rings. The molecule has 4 nitrogen and oxygen atoms in total. The highest BCUT2D eigenvalue weighted by atomic mass is 28.4. The van der Waals surface area contributed by atoms with Crippen molar-refractivity contribution >= 4 is 31.9 Å². The second-order valence-electron chi connectivity index (χ2n) is 11.8. The Balaban J connectivity index is 1.57. The molecule has 0 saturated carbocycles. The van der Waals surface area contributed by atoms with E-state index in [1.165, 1.54) is 15.9 Å². The first-order valence-electron chi connectivity index (χ1n) is 14.6. The van der Waals surface area contributed by atoms with E-state index in [0.717, 1.165) is 36.0 Å². The smallest absolute Gasteiger partial charge is 0.458 e. The van der Waals surface area contributed by atoms with E-state index in [1.54, 1.807) is 12.1 Å². The van der Waals surface area contributed by atoms with Gasteiger partial charge in [0.25, 0.3) is 8.32 Å². The summed E-state index contributed by atoms with van der Waals surface area (Å²) in [7, 11) is -3.53. The largest absolute Gasteiger partial charge is 0.508 e. The van der Waals surface area contributed by atoms with Crippen LogP contribution in [0.2, 0.25) is 11.4 Å². The molecule has 41 heavy (non-hydrogen) atoms. The molecule has 1 aliphatic heterocycles. The molecule has 0 spiro atoms. The zero-order valence-corrected chi connectivity index (χ0v) is 25.8. The van der Waals surface area contributed by atoms with Crippen molar-refractivity contribution < 1.29 is 19.2 Å². The average molecular weight is 567 g/mol. The lowest BCUT2D eigenvalue weighted by atomic mass is 9.78. The van der Waals surface area contributed by atoms with E-state index in [9.17, 15) is 10.1 Å². The quantitative estimate of drug-likeness (QED) is 0.248. The first-order valence-corrected chi connectivity index (χ1v) is 16.5. The van der Waals surface area contributed by atoms with Gasteiger partial charge in [0.05, 0.1) is 12.7 Å². The molecule has 0 aliphatic carbocycles. The summed E-state index contributed by atoms with van der Waals surface area (Å²) in [4.78, 5) is 0. The van der Waals surface area contributed by atoms with Crippen molar-refractivity contribution in [1.29, 1.82) is 0 Å². The fraction of sp³-hybridized carbons (Fsp3) is 0.314. The van der Waals surface area contributed by atoms with E-state index in [4.69, 9.17) is 9.08 Å². The van der Waals surface area contributed by atoms with Crippen LogP contribution in [0.25, 0.3) is 6.08 Å². The van der Waals surface area contributed by atoms with Gasteiger partial charge in [-0.2, -0.15) is 0 Å².